The Hall–Kier alpha value is -3.52. The highest BCUT2D eigenvalue weighted by molar-refractivity contribution is 7.18. The van der Waals surface area contributed by atoms with Crippen LogP contribution in [0.15, 0.2) is 60.7 Å². The molecule has 1 atom stereocenters. The summed E-state index contributed by atoms with van der Waals surface area (Å²) < 4.78 is 5.13. The maximum absolute atomic E-state index is 12.3. The van der Waals surface area contributed by atoms with Gasteiger partial charge in [-0.1, -0.05) is 41.7 Å². The molecular formula is C21H20N4O3S. The Morgan fingerprint density at radius 2 is 1.79 bits per heavy atom. The number of aromatic nitrogens is 2. The maximum atomic E-state index is 12.3. The summed E-state index contributed by atoms with van der Waals surface area (Å²) in [5, 5.41) is 14.4. The fraction of sp³-hybridized carbons (Fsp3) is 0.143. The van der Waals surface area contributed by atoms with Crippen molar-refractivity contribution in [2.24, 2.45) is 0 Å². The molecule has 7 nitrogen and oxygen atoms in total. The van der Waals surface area contributed by atoms with Gasteiger partial charge in [0.1, 0.15) is 16.8 Å². The van der Waals surface area contributed by atoms with Crippen molar-refractivity contribution in [1.29, 1.82) is 0 Å². The normalized spacial score (nSPS) is 11.8. The second kappa shape index (κ2) is 9.61. The Morgan fingerprint density at radius 1 is 1.07 bits per heavy atom. The predicted molar refractivity (Wildman–Crippen MR) is 114 cm³/mol. The lowest BCUT2D eigenvalue weighted by Crippen LogP contribution is -2.40. The number of hydrogen-bond acceptors (Lipinski definition) is 6. The van der Waals surface area contributed by atoms with Gasteiger partial charge in [-0.25, -0.2) is 0 Å². The summed E-state index contributed by atoms with van der Waals surface area (Å²) >= 11 is 1.25. The van der Waals surface area contributed by atoms with Crippen molar-refractivity contribution in [3.8, 4) is 16.3 Å². The minimum Gasteiger partial charge on any atom is -0.497 e. The molecule has 148 valence electrons. The molecule has 0 unspecified atom stereocenters. The van der Waals surface area contributed by atoms with Crippen LogP contribution in [0.5, 0.6) is 5.75 Å². The fourth-order valence-corrected chi connectivity index (χ4v) is 3.15. The zero-order valence-electron chi connectivity index (χ0n) is 16.0. The quantitative estimate of drug-likeness (QED) is 0.585. The monoisotopic (exact) mass is 408 g/mol. The molecule has 0 aliphatic heterocycles. The SMILES string of the molecule is COc1ccc(-c2nnc(NC(=O)[C@@H](C)NC(=O)C=Cc3ccccc3)s2)cc1. The number of nitrogens with zero attached hydrogens (tertiary/aromatic N) is 2. The standard InChI is InChI=1S/C21H20N4O3S/c1-14(22-18(26)13-8-15-6-4-3-5-7-15)19(27)23-21-25-24-20(29-21)16-9-11-17(28-2)12-10-16/h3-14H,1-2H3,(H,22,26)(H,23,25,27)/t14-/m1/s1. The van der Waals surface area contributed by atoms with Gasteiger partial charge in [0.15, 0.2) is 0 Å². The van der Waals surface area contributed by atoms with E-state index in [0.29, 0.717) is 10.1 Å². The predicted octanol–water partition coefficient (Wildman–Crippen LogP) is 3.37. The molecular weight excluding hydrogens is 388 g/mol. The molecule has 2 aromatic carbocycles. The van der Waals surface area contributed by atoms with E-state index in [1.807, 2.05) is 54.6 Å². The molecule has 3 rings (SSSR count). The van der Waals surface area contributed by atoms with E-state index in [1.54, 1.807) is 20.1 Å². The molecule has 0 fully saturated rings. The van der Waals surface area contributed by atoms with E-state index >= 15 is 0 Å². The Kier molecular flexibility index (Phi) is 6.70. The number of anilines is 1. The lowest BCUT2D eigenvalue weighted by atomic mass is 10.2. The van der Waals surface area contributed by atoms with Crippen molar-refractivity contribution in [3.63, 3.8) is 0 Å². The van der Waals surface area contributed by atoms with Crippen LogP contribution >= 0.6 is 11.3 Å². The highest BCUT2D eigenvalue weighted by Gasteiger charge is 2.17. The number of nitrogens with one attached hydrogen (secondary N) is 2. The van der Waals surface area contributed by atoms with Crippen LogP contribution in [-0.2, 0) is 9.59 Å². The topological polar surface area (TPSA) is 93.2 Å². The Balaban J connectivity index is 1.54. The van der Waals surface area contributed by atoms with Crippen molar-refractivity contribution < 1.29 is 14.3 Å². The average molecular weight is 408 g/mol. The van der Waals surface area contributed by atoms with Gasteiger partial charge in [0, 0.05) is 11.6 Å². The van der Waals surface area contributed by atoms with Gasteiger partial charge < -0.3 is 10.1 Å². The summed E-state index contributed by atoms with van der Waals surface area (Å²) in [6.45, 7) is 1.61. The molecule has 0 radical (unpaired) electrons. The van der Waals surface area contributed by atoms with E-state index in [-0.39, 0.29) is 11.8 Å². The molecule has 2 N–H and O–H groups in total. The second-order valence-corrected chi connectivity index (χ2v) is 7.08. The highest BCUT2D eigenvalue weighted by Crippen LogP contribution is 2.27. The summed E-state index contributed by atoms with van der Waals surface area (Å²) in [5.74, 6) is 0.0225. The van der Waals surface area contributed by atoms with Gasteiger partial charge in [0.2, 0.25) is 16.9 Å². The van der Waals surface area contributed by atoms with E-state index in [4.69, 9.17) is 4.74 Å². The Morgan fingerprint density at radius 3 is 2.48 bits per heavy atom. The minimum absolute atomic E-state index is 0.354. The third-order valence-electron chi connectivity index (χ3n) is 3.97. The fourth-order valence-electron chi connectivity index (χ4n) is 2.40. The first-order chi connectivity index (χ1) is 14.0. The van der Waals surface area contributed by atoms with Gasteiger partial charge in [-0.15, -0.1) is 10.2 Å². The molecule has 2 amide bonds. The molecule has 0 saturated carbocycles. The van der Waals surface area contributed by atoms with E-state index in [2.05, 4.69) is 20.8 Å². The van der Waals surface area contributed by atoms with Crippen molar-refractivity contribution in [1.82, 2.24) is 15.5 Å². The zero-order chi connectivity index (χ0) is 20.6. The first-order valence-electron chi connectivity index (χ1n) is 8.87. The molecule has 3 aromatic rings. The van der Waals surface area contributed by atoms with Crippen LogP contribution < -0.4 is 15.4 Å². The molecule has 1 heterocycles. The molecule has 0 aliphatic rings. The highest BCUT2D eigenvalue weighted by atomic mass is 32.1. The maximum Gasteiger partial charge on any atom is 0.248 e. The summed E-state index contributed by atoms with van der Waals surface area (Å²) in [6.07, 6.45) is 3.08. The van der Waals surface area contributed by atoms with Crippen LogP contribution in [-0.4, -0.2) is 35.2 Å². The Labute approximate surface area is 172 Å². The number of carbonyl (C=O) groups excluding carboxylic acids is 2. The molecule has 0 saturated heterocycles. The second-order valence-electron chi connectivity index (χ2n) is 6.10. The van der Waals surface area contributed by atoms with Crippen LogP contribution in [0.4, 0.5) is 5.13 Å². The number of methoxy groups -OCH3 is 1. The molecule has 29 heavy (non-hydrogen) atoms. The summed E-state index contributed by atoms with van der Waals surface area (Å²) in [6, 6.07) is 16.1. The van der Waals surface area contributed by atoms with Crippen molar-refractivity contribution >= 4 is 34.4 Å². The number of carbonyl (C=O) groups is 2. The van der Waals surface area contributed by atoms with Gasteiger partial charge in [0.05, 0.1) is 7.11 Å². The van der Waals surface area contributed by atoms with Gasteiger partial charge in [-0.05, 0) is 42.8 Å². The number of rotatable bonds is 7. The summed E-state index contributed by atoms with van der Waals surface area (Å²) in [4.78, 5) is 24.3. The van der Waals surface area contributed by atoms with Crippen LogP contribution in [0.1, 0.15) is 12.5 Å². The number of amides is 2. The lowest BCUT2D eigenvalue weighted by molar-refractivity contribution is -0.123. The van der Waals surface area contributed by atoms with Gasteiger partial charge in [-0.3, -0.25) is 14.9 Å². The molecule has 0 bridgehead atoms. The zero-order valence-corrected chi connectivity index (χ0v) is 16.8. The summed E-state index contributed by atoms with van der Waals surface area (Å²) in [7, 11) is 1.60. The van der Waals surface area contributed by atoms with Crippen LogP contribution in [0, 0.1) is 0 Å². The van der Waals surface area contributed by atoms with E-state index in [9.17, 15) is 9.59 Å². The van der Waals surface area contributed by atoms with Crippen LogP contribution in [0.25, 0.3) is 16.6 Å². The van der Waals surface area contributed by atoms with Gasteiger partial charge in [0.25, 0.3) is 0 Å². The van der Waals surface area contributed by atoms with Crippen LogP contribution in [0.2, 0.25) is 0 Å². The number of benzene rings is 2. The van der Waals surface area contributed by atoms with Crippen molar-refractivity contribution in [2.75, 3.05) is 12.4 Å². The number of hydrogen-bond donors (Lipinski definition) is 2. The van der Waals surface area contributed by atoms with E-state index in [1.165, 1.54) is 17.4 Å². The van der Waals surface area contributed by atoms with Crippen LogP contribution in [0.3, 0.4) is 0 Å². The largest absolute Gasteiger partial charge is 0.497 e. The Bertz CT molecular complexity index is 1000. The first kappa shape index (κ1) is 20.2. The first-order valence-corrected chi connectivity index (χ1v) is 9.69. The van der Waals surface area contributed by atoms with Crippen molar-refractivity contribution in [3.05, 3.63) is 66.2 Å². The summed E-state index contributed by atoms with van der Waals surface area (Å²) in [5.41, 5.74) is 1.77. The van der Waals surface area contributed by atoms with E-state index in [0.717, 1.165) is 16.9 Å². The smallest absolute Gasteiger partial charge is 0.248 e. The number of ether oxygens (including phenoxy) is 1. The average Bonchev–Trinajstić information content (AvgIpc) is 3.21. The van der Waals surface area contributed by atoms with Gasteiger partial charge in [-0.2, -0.15) is 0 Å². The third-order valence-corrected chi connectivity index (χ3v) is 4.86. The molecule has 0 spiro atoms. The third kappa shape index (κ3) is 5.73. The lowest BCUT2D eigenvalue weighted by Gasteiger charge is -2.11. The van der Waals surface area contributed by atoms with Gasteiger partial charge >= 0.3 is 0 Å². The molecule has 0 aliphatic carbocycles. The molecule has 8 heteroatoms. The van der Waals surface area contributed by atoms with Crippen molar-refractivity contribution in [2.45, 2.75) is 13.0 Å². The van der Waals surface area contributed by atoms with E-state index < -0.39 is 6.04 Å². The molecule has 1 aromatic heterocycles. The minimum atomic E-state index is -0.726.